The predicted molar refractivity (Wildman–Crippen MR) is 102 cm³/mol. The molecule has 0 unspecified atom stereocenters. The van der Waals surface area contributed by atoms with Crippen LogP contribution in [-0.4, -0.2) is 0 Å². The van der Waals surface area contributed by atoms with Crippen molar-refractivity contribution in [1.82, 2.24) is 0 Å². The van der Waals surface area contributed by atoms with Crippen molar-refractivity contribution in [3.63, 3.8) is 0 Å². The molecule has 2 aromatic carbocycles. The molecule has 25 heavy (non-hydrogen) atoms. The molecule has 4 heteroatoms. The van der Waals surface area contributed by atoms with Crippen LogP contribution in [0.15, 0.2) is 45.6 Å². The smallest absolute Gasteiger partial charge is 0.336 e. The van der Waals surface area contributed by atoms with E-state index in [1.807, 2.05) is 38.1 Å². The molecular formula is C21H21ClO3. The Morgan fingerprint density at radius 2 is 1.84 bits per heavy atom. The molecule has 0 N–H and O–H groups in total. The Labute approximate surface area is 152 Å². The lowest BCUT2D eigenvalue weighted by atomic mass is 9.95. The number of rotatable bonds is 4. The van der Waals surface area contributed by atoms with Crippen molar-refractivity contribution in [2.75, 3.05) is 0 Å². The highest BCUT2D eigenvalue weighted by atomic mass is 35.5. The Morgan fingerprint density at radius 3 is 2.52 bits per heavy atom. The van der Waals surface area contributed by atoms with E-state index in [1.165, 1.54) is 11.6 Å². The van der Waals surface area contributed by atoms with E-state index in [2.05, 4.69) is 19.9 Å². The van der Waals surface area contributed by atoms with Crippen LogP contribution in [0, 0.1) is 13.8 Å². The Kier molecular flexibility index (Phi) is 4.87. The van der Waals surface area contributed by atoms with Gasteiger partial charge in [0, 0.05) is 22.0 Å². The maximum Gasteiger partial charge on any atom is 0.336 e. The van der Waals surface area contributed by atoms with Crippen molar-refractivity contribution in [2.45, 2.75) is 40.2 Å². The summed E-state index contributed by atoms with van der Waals surface area (Å²) < 4.78 is 11.3. The van der Waals surface area contributed by atoms with E-state index in [0.29, 0.717) is 23.1 Å². The number of benzene rings is 2. The standard InChI is InChI=1S/C21H21ClO3/c1-12(2)17-10-18-15(9-21(23)25-20(18)8-13(17)3)11-24-16-5-6-19(22)14(4)7-16/h5-10,12H,11H2,1-4H3. The van der Waals surface area contributed by atoms with Crippen molar-refractivity contribution in [3.8, 4) is 5.75 Å². The summed E-state index contributed by atoms with van der Waals surface area (Å²) in [6, 6.07) is 11.1. The second kappa shape index (κ2) is 6.93. The Hall–Kier alpha value is -2.26. The van der Waals surface area contributed by atoms with Gasteiger partial charge in [0.25, 0.3) is 0 Å². The first-order chi connectivity index (χ1) is 11.8. The molecule has 3 nitrogen and oxygen atoms in total. The summed E-state index contributed by atoms with van der Waals surface area (Å²) in [5.74, 6) is 1.11. The van der Waals surface area contributed by atoms with Crippen LogP contribution in [0.4, 0.5) is 0 Å². The van der Waals surface area contributed by atoms with Crippen molar-refractivity contribution >= 4 is 22.6 Å². The summed E-state index contributed by atoms with van der Waals surface area (Å²) in [7, 11) is 0. The molecule has 0 amide bonds. The summed E-state index contributed by atoms with van der Waals surface area (Å²) in [6.07, 6.45) is 0. The monoisotopic (exact) mass is 356 g/mol. The second-order valence-electron chi connectivity index (χ2n) is 6.65. The molecule has 0 bridgehead atoms. The lowest BCUT2D eigenvalue weighted by molar-refractivity contribution is 0.306. The molecule has 0 aliphatic rings. The van der Waals surface area contributed by atoms with Crippen LogP contribution in [0.1, 0.15) is 42.0 Å². The topological polar surface area (TPSA) is 39.4 Å². The van der Waals surface area contributed by atoms with Gasteiger partial charge in [-0.3, -0.25) is 0 Å². The van der Waals surface area contributed by atoms with Crippen LogP contribution in [0.25, 0.3) is 11.0 Å². The van der Waals surface area contributed by atoms with E-state index in [-0.39, 0.29) is 5.63 Å². The highest BCUT2D eigenvalue weighted by Gasteiger charge is 2.12. The molecule has 3 aromatic rings. The summed E-state index contributed by atoms with van der Waals surface area (Å²) >= 11 is 6.05. The van der Waals surface area contributed by atoms with Gasteiger partial charge in [0.05, 0.1) is 0 Å². The Morgan fingerprint density at radius 1 is 1.08 bits per heavy atom. The zero-order valence-corrected chi connectivity index (χ0v) is 15.6. The van der Waals surface area contributed by atoms with E-state index in [4.69, 9.17) is 20.8 Å². The molecule has 0 aliphatic carbocycles. The number of halogens is 1. The molecule has 0 saturated carbocycles. The van der Waals surface area contributed by atoms with Crippen LogP contribution in [0.5, 0.6) is 5.75 Å². The molecule has 0 fully saturated rings. The number of aryl methyl sites for hydroxylation is 2. The van der Waals surface area contributed by atoms with Gasteiger partial charge in [0.15, 0.2) is 0 Å². The van der Waals surface area contributed by atoms with Gasteiger partial charge in [-0.05, 0) is 66.8 Å². The van der Waals surface area contributed by atoms with Gasteiger partial charge in [0.2, 0.25) is 0 Å². The maximum atomic E-state index is 11.9. The molecule has 0 atom stereocenters. The number of hydrogen-bond donors (Lipinski definition) is 0. The first kappa shape index (κ1) is 17.6. The zero-order chi connectivity index (χ0) is 18.1. The minimum atomic E-state index is -0.366. The minimum absolute atomic E-state index is 0.295. The highest BCUT2D eigenvalue weighted by molar-refractivity contribution is 6.31. The van der Waals surface area contributed by atoms with Crippen molar-refractivity contribution < 1.29 is 9.15 Å². The van der Waals surface area contributed by atoms with E-state index < -0.39 is 0 Å². The average molecular weight is 357 g/mol. The van der Waals surface area contributed by atoms with Gasteiger partial charge in [-0.1, -0.05) is 25.4 Å². The van der Waals surface area contributed by atoms with Gasteiger partial charge in [-0.2, -0.15) is 0 Å². The number of fused-ring (bicyclic) bond motifs is 1. The minimum Gasteiger partial charge on any atom is -0.489 e. The molecule has 0 saturated heterocycles. The van der Waals surface area contributed by atoms with Crippen LogP contribution < -0.4 is 10.4 Å². The van der Waals surface area contributed by atoms with Gasteiger partial charge in [-0.15, -0.1) is 0 Å². The van der Waals surface area contributed by atoms with Crippen molar-refractivity contribution in [2.24, 2.45) is 0 Å². The average Bonchev–Trinajstić information content (AvgIpc) is 2.54. The molecule has 0 radical (unpaired) electrons. The fourth-order valence-electron chi connectivity index (χ4n) is 3.00. The third-order valence-electron chi connectivity index (χ3n) is 4.36. The van der Waals surface area contributed by atoms with E-state index in [1.54, 1.807) is 0 Å². The Bertz CT molecular complexity index is 986. The molecule has 130 valence electrons. The lowest BCUT2D eigenvalue weighted by Crippen LogP contribution is -2.05. The van der Waals surface area contributed by atoms with E-state index >= 15 is 0 Å². The molecule has 1 heterocycles. The van der Waals surface area contributed by atoms with Crippen LogP contribution in [-0.2, 0) is 6.61 Å². The van der Waals surface area contributed by atoms with Gasteiger partial charge >= 0.3 is 5.63 Å². The third kappa shape index (κ3) is 3.72. The molecular weight excluding hydrogens is 336 g/mol. The van der Waals surface area contributed by atoms with E-state index in [0.717, 1.165) is 27.8 Å². The predicted octanol–water partition coefficient (Wildman–Crippen LogP) is 5.77. The Balaban J connectivity index is 2.00. The van der Waals surface area contributed by atoms with Gasteiger partial charge in [0.1, 0.15) is 17.9 Å². The maximum absolute atomic E-state index is 11.9. The van der Waals surface area contributed by atoms with Crippen molar-refractivity contribution in [3.05, 3.63) is 74.1 Å². The SMILES string of the molecule is Cc1cc(OCc2cc(=O)oc3cc(C)c(C(C)C)cc23)ccc1Cl. The molecule has 0 aliphatic heterocycles. The number of hydrogen-bond acceptors (Lipinski definition) is 3. The first-order valence-electron chi connectivity index (χ1n) is 8.31. The van der Waals surface area contributed by atoms with Gasteiger partial charge < -0.3 is 9.15 Å². The van der Waals surface area contributed by atoms with Crippen LogP contribution in [0.3, 0.4) is 0 Å². The van der Waals surface area contributed by atoms with Crippen molar-refractivity contribution in [1.29, 1.82) is 0 Å². The highest BCUT2D eigenvalue weighted by Crippen LogP contribution is 2.28. The van der Waals surface area contributed by atoms with E-state index in [9.17, 15) is 4.79 Å². The van der Waals surface area contributed by atoms with Gasteiger partial charge in [-0.25, -0.2) is 4.79 Å². The summed E-state index contributed by atoms with van der Waals surface area (Å²) in [5, 5.41) is 1.62. The second-order valence-corrected chi connectivity index (χ2v) is 7.06. The fourth-order valence-corrected chi connectivity index (χ4v) is 3.12. The number of ether oxygens (including phenoxy) is 1. The lowest BCUT2D eigenvalue weighted by Gasteiger charge is -2.14. The van der Waals surface area contributed by atoms with Crippen LogP contribution in [0.2, 0.25) is 5.02 Å². The largest absolute Gasteiger partial charge is 0.489 e. The van der Waals surface area contributed by atoms with Crippen LogP contribution >= 0.6 is 11.6 Å². The normalized spacial score (nSPS) is 11.3. The summed E-state index contributed by atoms with van der Waals surface area (Å²) in [4.78, 5) is 11.9. The third-order valence-corrected chi connectivity index (χ3v) is 4.79. The molecule has 1 aromatic heterocycles. The molecule has 3 rings (SSSR count). The quantitative estimate of drug-likeness (QED) is 0.557. The summed E-state index contributed by atoms with van der Waals surface area (Å²) in [6.45, 7) is 8.57. The summed E-state index contributed by atoms with van der Waals surface area (Å²) in [5.41, 5.74) is 4.37. The fraction of sp³-hybridized carbons (Fsp3) is 0.286. The zero-order valence-electron chi connectivity index (χ0n) is 14.9. The first-order valence-corrected chi connectivity index (χ1v) is 8.69. The molecule has 0 spiro atoms.